The number of allylic oxidation sites excluding steroid dienone is 1. The van der Waals surface area contributed by atoms with Gasteiger partial charge in [0.1, 0.15) is 28.9 Å². The van der Waals surface area contributed by atoms with Gasteiger partial charge in [-0.3, -0.25) is 19.2 Å². The van der Waals surface area contributed by atoms with Gasteiger partial charge in [-0.2, -0.15) is 0 Å². The minimum absolute atomic E-state index is 0.0876. The zero-order valence-electron chi connectivity index (χ0n) is 29.9. The first-order valence-electron chi connectivity index (χ1n) is 16.8. The van der Waals surface area contributed by atoms with E-state index in [1.807, 2.05) is 38.0 Å². The first-order valence-corrected chi connectivity index (χ1v) is 17.6. The summed E-state index contributed by atoms with van der Waals surface area (Å²) in [6.45, 7) is 10.1. The summed E-state index contributed by atoms with van der Waals surface area (Å²) in [7, 11) is 6.28. The first kappa shape index (κ1) is 38.5. The number of hydrogen-bond donors (Lipinski definition) is 1. The molecule has 3 rings (SSSR count). The molecule has 2 aromatic rings. The summed E-state index contributed by atoms with van der Waals surface area (Å²) < 4.78 is 5.17. The molecule has 11 nitrogen and oxygen atoms in total. The Hall–Kier alpha value is -3.93. The second kappa shape index (κ2) is 17.5. The van der Waals surface area contributed by atoms with Crippen LogP contribution in [0, 0.1) is 11.8 Å². The molecular weight excluding hydrogens is 630 g/mol. The van der Waals surface area contributed by atoms with Gasteiger partial charge in [0, 0.05) is 51.8 Å². The van der Waals surface area contributed by atoms with Crippen LogP contribution in [0.3, 0.4) is 0 Å². The van der Waals surface area contributed by atoms with Crippen LogP contribution in [-0.2, 0) is 30.3 Å². The fourth-order valence-electron chi connectivity index (χ4n) is 6.34. The fraction of sp³-hybridized carbons (Fsp3) is 0.583. The van der Waals surface area contributed by atoms with Crippen molar-refractivity contribution in [1.82, 2.24) is 24.6 Å². The van der Waals surface area contributed by atoms with Crippen LogP contribution < -0.4 is 0 Å². The molecule has 1 aliphatic rings. The van der Waals surface area contributed by atoms with E-state index in [1.165, 1.54) is 46.5 Å². The lowest BCUT2D eigenvalue weighted by Gasteiger charge is -2.41. The number of amides is 4. The number of aromatic hydroxyl groups is 1. The molecule has 1 aromatic heterocycles. The number of phenolic OH excluding ortho intramolecular Hbond substituents is 1. The van der Waals surface area contributed by atoms with Gasteiger partial charge in [0.25, 0.3) is 0 Å². The van der Waals surface area contributed by atoms with E-state index in [9.17, 15) is 24.3 Å². The van der Waals surface area contributed by atoms with E-state index < -0.39 is 29.9 Å². The highest BCUT2D eigenvalue weighted by Crippen LogP contribution is 2.35. The third kappa shape index (κ3) is 8.94. The second-order valence-corrected chi connectivity index (χ2v) is 13.8. The summed E-state index contributed by atoms with van der Waals surface area (Å²) in [6, 6.07) is 3.77. The summed E-state index contributed by atoms with van der Waals surface area (Å²) in [5.41, 5.74) is 0.734. The van der Waals surface area contributed by atoms with Crippen molar-refractivity contribution < 1.29 is 29.0 Å². The standard InChI is InChI=1S/C36H53N5O6S/c1-10-23(3)31(35(45)40(8)32(24(4)11-2)36(46)41-19-12-13-28(41)33-37-18-20-48-33)39(7)34(44)29(22-26-14-16-27(42)17-15-26)38(6)30(43)21-25(5)47-9/h14-18,20-21,23-24,28-29,31-32,42H,10-13,19,22H2,1-9H3. The zero-order chi connectivity index (χ0) is 35.7. The van der Waals surface area contributed by atoms with Crippen molar-refractivity contribution in [3.05, 3.63) is 58.2 Å². The molecule has 264 valence electrons. The van der Waals surface area contributed by atoms with Gasteiger partial charge < -0.3 is 29.4 Å². The van der Waals surface area contributed by atoms with Gasteiger partial charge in [0.15, 0.2) is 0 Å². The Labute approximate surface area is 289 Å². The van der Waals surface area contributed by atoms with Crippen LogP contribution in [0.4, 0.5) is 0 Å². The van der Waals surface area contributed by atoms with Crippen molar-refractivity contribution in [3.63, 3.8) is 0 Å². The molecule has 4 amide bonds. The van der Waals surface area contributed by atoms with Crippen LogP contribution in [-0.4, -0.2) is 106 Å². The molecule has 1 N–H and O–H groups in total. The fourth-order valence-corrected chi connectivity index (χ4v) is 7.12. The minimum atomic E-state index is -0.965. The lowest BCUT2D eigenvalue weighted by atomic mass is 9.91. The van der Waals surface area contributed by atoms with Gasteiger partial charge in [-0.05, 0) is 49.3 Å². The number of rotatable bonds is 15. The predicted octanol–water partition coefficient (Wildman–Crippen LogP) is 4.88. The summed E-state index contributed by atoms with van der Waals surface area (Å²) in [5.74, 6) is -1.17. The molecule has 0 bridgehead atoms. The number of phenols is 1. The zero-order valence-corrected chi connectivity index (χ0v) is 30.7. The molecule has 0 spiro atoms. The maximum absolute atomic E-state index is 14.6. The van der Waals surface area contributed by atoms with Gasteiger partial charge >= 0.3 is 0 Å². The highest BCUT2D eigenvalue weighted by Gasteiger charge is 2.44. The lowest BCUT2D eigenvalue weighted by molar-refractivity contribution is -0.155. The molecule has 0 saturated carbocycles. The Balaban J connectivity index is 1.98. The third-order valence-electron chi connectivity index (χ3n) is 9.79. The number of nitrogens with zero attached hydrogens (tertiary/aromatic N) is 5. The highest BCUT2D eigenvalue weighted by atomic mass is 32.1. The molecule has 0 aliphatic carbocycles. The molecule has 6 atom stereocenters. The SMILES string of the molecule is CCC(C)C(C(=O)N(C)C(C(=O)N1CCCC1c1nccs1)C(C)CC)N(C)C(=O)C(Cc1ccc(O)cc1)N(C)C(=O)C=C(C)OC. The van der Waals surface area contributed by atoms with E-state index in [1.54, 1.807) is 51.3 Å². The van der Waals surface area contributed by atoms with E-state index >= 15 is 0 Å². The number of hydrogen-bond acceptors (Lipinski definition) is 8. The van der Waals surface area contributed by atoms with E-state index in [0.29, 0.717) is 25.1 Å². The van der Waals surface area contributed by atoms with Crippen molar-refractivity contribution in [1.29, 1.82) is 0 Å². The van der Waals surface area contributed by atoms with Crippen molar-refractivity contribution in [3.8, 4) is 5.75 Å². The maximum Gasteiger partial charge on any atom is 0.250 e. The number of thiazole rings is 1. The topological polar surface area (TPSA) is 124 Å². The van der Waals surface area contributed by atoms with E-state index in [0.717, 1.165) is 23.4 Å². The van der Waals surface area contributed by atoms with E-state index in [2.05, 4.69) is 4.98 Å². The van der Waals surface area contributed by atoms with Crippen LogP contribution >= 0.6 is 11.3 Å². The number of ether oxygens (including phenoxy) is 1. The predicted molar refractivity (Wildman–Crippen MR) is 187 cm³/mol. The second-order valence-electron chi connectivity index (χ2n) is 12.9. The number of carbonyl (C=O) groups excluding carboxylic acids is 4. The van der Waals surface area contributed by atoms with Crippen molar-refractivity contribution in [2.45, 2.75) is 90.9 Å². The van der Waals surface area contributed by atoms with E-state index in [4.69, 9.17) is 4.74 Å². The number of likely N-dealkylation sites (tertiary alicyclic amines) is 1. The number of likely N-dealkylation sites (N-methyl/N-ethyl adjacent to an activating group) is 3. The van der Waals surface area contributed by atoms with E-state index in [-0.39, 0.29) is 41.9 Å². The van der Waals surface area contributed by atoms with Crippen molar-refractivity contribution in [2.75, 3.05) is 34.8 Å². The van der Waals surface area contributed by atoms with Crippen molar-refractivity contribution in [2.24, 2.45) is 11.8 Å². The number of carbonyl (C=O) groups is 4. The third-order valence-corrected chi connectivity index (χ3v) is 10.7. The van der Waals surface area contributed by atoms with Gasteiger partial charge in [-0.15, -0.1) is 11.3 Å². The average Bonchev–Trinajstić information content (AvgIpc) is 3.80. The summed E-state index contributed by atoms with van der Waals surface area (Å²) >= 11 is 1.53. The maximum atomic E-state index is 14.6. The Morgan fingerprint density at radius 3 is 2.17 bits per heavy atom. The normalized spacial score (nSPS) is 18.0. The first-order chi connectivity index (χ1) is 22.8. The Morgan fingerprint density at radius 2 is 1.60 bits per heavy atom. The molecule has 1 saturated heterocycles. The molecular formula is C36H53N5O6S. The highest BCUT2D eigenvalue weighted by molar-refractivity contribution is 7.09. The smallest absolute Gasteiger partial charge is 0.250 e. The quantitative estimate of drug-likeness (QED) is 0.210. The Morgan fingerprint density at radius 1 is 1.00 bits per heavy atom. The molecule has 1 aliphatic heterocycles. The van der Waals surface area contributed by atoms with Crippen LogP contribution in [0.5, 0.6) is 5.75 Å². The van der Waals surface area contributed by atoms with Crippen LogP contribution in [0.15, 0.2) is 47.7 Å². The van der Waals surface area contributed by atoms with Crippen LogP contribution in [0.25, 0.3) is 0 Å². The molecule has 0 radical (unpaired) electrons. The summed E-state index contributed by atoms with van der Waals surface area (Å²) in [6.07, 6.45) is 6.21. The van der Waals surface area contributed by atoms with Crippen LogP contribution in [0.1, 0.15) is 76.9 Å². The molecule has 48 heavy (non-hydrogen) atoms. The van der Waals surface area contributed by atoms with Crippen molar-refractivity contribution >= 4 is 35.0 Å². The Bertz CT molecular complexity index is 1410. The van der Waals surface area contributed by atoms with Gasteiger partial charge in [0.2, 0.25) is 23.6 Å². The van der Waals surface area contributed by atoms with Gasteiger partial charge in [0.05, 0.1) is 18.9 Å². The van der Waals surface area contributed by atoms with Gasteiger partial charge in [-0.25, -0.2) is 4.98 Å². The summed E-state index contributed by atoms with van der Waals surface area (Å²) in [4.78, 5) is 67.4. The molecule has 12 heteroatoms. The average molecular weight is 684 g/mol. The molecule has 1 aromatic carbocycles. The van der Waals surface area contributed by atoms with Crippen LogP contribution in [0.2, 0.25) is 0 Å². The molecule has 2 heterocycles. The number of benzene rings is 1. The molecule has 1 fully saturated rings. The number of methoxy groups -OCH3 is 1. The largest absolute Gasteiger partial charge is 0.508 e. The monoisotopic (exact) mass is 683 g/mol. The lowest BCUT2D eigenvalue weighted by Crippen LogP contribution is -2.60. The summed E-state index contributed by atoms with van der Waals surface area (Å²) in [5, 5.41) is 12.6. The van der Waals surface area contributed by atoms with Gasteiger partial charge in [-0.1, -0.05) is 52.7 Å². The number of aromatic nitrogens is 1. The minimum Gasteiger partial charge on any atom is -0.508 e. The Kier molecular flexibility index (Phi) is 14.0. The molecule has 6 unspecified atom stereocenters.